The van der Waals surface area contributed by atoms with Crippen LogP contribution in [-0.4, -0.2) is 17.9 Å². The van der Waals surface area contributed by atoms with E-state index in [9.17, 15) is 4.79 Å². The number of pyridine rings is 1. The standard InChI is InChI=1S/C10H9NO2/c1-2-13-10-6-5-9(8-11-10)4-3-7-12/h5-8H,2H2,1H3. The lowest BCUT2D eigenvalue weighted by atomic mass is 10.3. The van der Waals surface area contributed by atoms with E-state index in [0.717, 1.165) is 0 Å². The maximum absolute atomic E-state index is 9.93. The Morgan fingerprint density at radius 1 is 1.62 bits per heavy atom. The molecule has 1 heterocycles. The number of aldehydes is 1. The van der Waals surface area contributed by atoms with Crippen molar-refractivity contribution in [2.75, 3.05) is 6.61 Å². The summed E-state index contributed by atoms with van der Waals surface area (Å²) in [6.07, 6.45) is 2.12. The van der Waals surface area contributed by atoms with Gasteiger partial charge in [0, 0.05) is 17.8 Å². The Labute approximate surface area is 76.8 Å². The van der Waals surface area contributed by atoms with Crippen LogP contribution in [0.3, 0.4) is 0 Å². The van der Waals surface area contributed by atoms with Crippen molar-refractivity contribution in [2.45, 2.75) is 6.92 Å². The van der Waals surface area contributed by atoms with Crippen molar-refractivity contribution in [1.82, 2.24) is 4.98 Å². The number of ether oxygens (including phenoxy) is 1. The second kappa shape index (κ2) is 4.94. The first-order chi connectivity index (χ1) is 6.36. The van der Waals surface area contributed by atoms with Crippen molar-refractivity contribution in [1.29, 1.82) is 0 Å². The lowest BCUT2D eigenvalue weighted by molar-refractivity contribution is -0.103. The molecule has 0 aliphatic rings. The highest BCUT2D eigenvalue weighted by Crippen LogP contribution is 2.05. The molecule has 0 saturated carbocycles. The Hall–Kier alpha value is -1.82. The van der Waals surface area contributed by atoms with Crippen molar-refractivity contribution in [3.05, 3.63) is 23.9 Å². The van der Waals surface area contributed by atoms with Crippen molar-refractivity contribution in [2.24, 2.45) is 0 Å². The highest BCUT2D eigenvalue weighted by molar-refractivity contribution is 5.73. The fourth-order valence-corrected chi connectivity index (χ4v) is 0.800. The molecule has 0 N–H and O–H groups in total. The van der Waals surface area contributed by atoms with E-state index in [2.05, 4.69) is 16.8 Å². The molecule has 0 fully saturated rings. The van der Waals surface area contributed by atoms with E-state index in [-0.39, 0.29) is 0 Å². The molecule has 0 amide bonds. The topological polar surface area (TPSA) is 39.2 Å². The molecule has 66 valence electrons. The van der Waals surface area contributed by atoms with E-state index in [1.54, 1.807) is 18.3 Å². The van der Waals surface area contributed by atoms with Crippen LogP contribution in [-0.2, 0) is 4.79 Å². The molecule has 0 atom stereocenters. The van der Waals surface area contributed by atoms with Crippen LogP contribution >= 0.6 is 0 Å². The van der Waals surface area contributed by atoms with Gasteiger partial charge in [-0.15, -0.1) is 0 Å². The van der Waals surface area contributed by atoms with Crippen LogP contribution in [0.25, 0.3) is 0 Å². The summed E-state index contributed by atoms with van der Waals surface area (Å²) in [6.45, 7) is 2.48. The summed E-state index contributed by atoms with van der Waals surface area (Å²) < 4.78 is 5.14. The number of hydrogen-bond donors (Lipinski definition) is 0. The predicted octanol–water partition coefficient (Wildman–Crippen LogP) is 1.03. The number of carbonyl (C=O) groups is 1. The third-order valence-corrected chi connectivity index (χ3v) is 1.30. The zero-order chi connectivity index (χ0) is 9.52. The highest BCUT2D eigenvalue weighted by Gasteiger charge is 1.92. The average Bonchev–Trinajstić information content (AvgIpc) is 2.17. The summed E-state index contributed by atoms with van der Waals surface area (Å²) in [5.74, 6) is 5.50. The van der Waals surface area contributed by atoms with Gasteiger partial charge in [-0.2, -0.15) is 0 Å². The summed E-state index contributed by atoms with van der Waals surface area (Å²) in [7, 11) is 0. The van der Waals surface area contributed by atoms with E-state index >= 15 is 0 Å². The Bertz CT molecular complexity index is 332. The van der Waals surface area contributed by atoms with Crippen molar-refractivity contribution in [3.63, 3.8) is 0 Å². The van der Waals surface area contributed by atoms with E-state index in [4.69, 9.17) is 4.74 Å². The van der Waals surface area contributed by atoms with Crippen molar-refractivity contribution in [3.8, 4) is 17.7 Å². The van der Waals surface area contributed by atoms with E-state index in [1.807, 2.05) is 6.92 Å². The van der Waals surface area contributed by atoms with E-state index < -0.39 is 0 Å². The first-order valence-electron chi connectivity index (χ1n) is 3.91. The van der Waals surface area contributed by atoms with Gasteiger partial charge < -0.3 is 4.74 Å². The zero-order valence-electron chi connectivity index (χ0n) is 7.28. The van der Waals surface area contributed by atoms with Crippen LogP contribution in [0.5, 0.6) is 5.88 Å². The summed E-state index contributed by atoms with van der Waals surface area (Å²) in [5, 5.41) is 0. The SMILES string of the molecule is CCOc1ccc(C#CC=O)cn1. The monoisotopic (exact) mass is 175 g/mol. The second-order valence-electron chi connectivity index (χ2n) is 2.21. The summed E-state index contributed by atoms with van der Waals surface area (Å²) in [4.78, 5) is 13.9. The molecule has 0 aromatic carbocycles. The van der Waals surface area contributed by atoms with Gasteiger partial charge >= 0.3 is 0 Å². The second-order valence-corrected chi connectivity index (χ2v) is 2.21. The first kappa shape index (κ1) is 9.27. The fourth-order valence-electron chi connectivity index (χ4n) is 0.800. The molecule has 3 nitrogen and oxygen atoms in total. The Kier molecular flexibility index (Phi) is 3.52. The molecule has 0 saturated heterocycles. The third-order valence-electron chi connectivity index (χ3n) is 1.30. The average molecular weight is 175 g/mol. The van der Waals surface area contributed by atoms with Gasteiger partial charge in [0.25, 0.3) is 0 Å². The zero-order valence-corrected chi connectivity index (χ0v) is 7.28. The summed E-state index contributed by atoms with van der Waals surface area (Å²) >= 11 is 0. The highest BCUT2D eigenvalue weighted by atomic mass is 16.5. The quantitative estimate of drug-likeness (QED) is 0.497. The van der Waals surface area contributed by atoms with Crippen LogP contribution in [0.2, 0.25) is 0 Å². The van der Waals surface area contributed by atoms with Gasteiger partial charge in [-0.3, -0.25) is 4.79 Å². The lowest BCUT2D eigenvalue weighted by Gasteiger charge is -1.99. The molecule has 0 aliphatic carbocycles. The third kappa shape index (κ3) is 2.96. The molecule has 3 heteroatoms. The number of aromatic nitrogens is 1. The normalized spacial score (nSPS) is 8.38. The molecular weight excluding hydrogens is 166 g/mol. The predicted molar refractivity (Wildman–Crippen MR) is 48.3 cm³/mol. The molecule has 1 aromatic rings. The van der Waals surface area contributed by atoms with Gasteiger partial charge in [-0.05, 0) is 18.9 Å². The van der Waals surface area contributed by atoms with Gasteiger partial charge in [0.2, 0.25) is 5.88 Å². The Morgan fingerprint density at radius 3 is 3.00 bits per heavy atom. The molecule has 1 aromatic heterocycles. The molecular formula is C10H9NO2. The minimum Gasteiger partial charge on any atom is -0.478 e. The van der Waals surface area contributed by atoms with Gasteiger partial charge in [0.15, 0.2) is 6.29 Å². The lowest BCUT2D eigenvalue weighted by Crippen LogP contribution is -1.93. The van der Waals surface area contributed by atoms with Crippen molar-refractivity contribution >= 4 is 6.29 Å². The maximum Gasteiger partial charge on any atom is 0.213 e. The van der Waals surface area contributed by atoms with Crippen LogP contribution in [0, 0.1) is 11.8 Å². The molecule has 0 spiro atoms. The molecule has 0 bridgehead atoms. The molecule has 0 radical (unpaired) electrons. The number of carbonyl (C=O) groups excluding carboxylic acids is 1. The van der Waals surface area contributed by atoms with Gasteiger partial charge in [0.05, 0.1) is 6.61 Å². The number of rotatable bonds is 2. The minimum atomic E-state index is 0.552. The van der Waals surface area contributed by atoms with Crippen molar-refractivity contribution < 1.29 is 9.53 Å². The number of hydrogen-bond acceptors (Lipinski definition) is 3. The van der Waals surface area contributed by atoms with Crippen LogP contribution < -0.4 is 4.74 Å². The van der Waals surface area contributed by atoms with Crippen LogP contribution in [0.15, 0.2) is 18.3 Å². The Morgan fingerprint density at radius 2 is 2.46 bits per heavy atom. The summed E-state index contributed by atoms with van der Waals surface area (Å²) in [6, 6.07) is 3.48. The van der Waals surface area contributed by atoms with Gasteiger partial charge in [-0.1, -0.05) is 5.92 Å². The smallest absolute Gasteiger partial charge is 0.213 e. The van der Waals surface area contributed by atoms with Crippen LogP contribution in [0.1, 0.15) is 12.5 Å². The molecule has 1 rings (SSSR count). The maximum atomic E-state index is 9.93. The van der Waals surface area contributed by atoms with Gasteiger partial charge in [-0.25, -0.2) is 4.98 Å². The number of nitrogens with zero attached hydrogens (tertiary/aromatic N) is 1. The molecule has 0 aliphatic heterocycles. The summed E-state index contributed by atoms with van der Waals surface area (Å²) in [5.41, 5.74) is 0.704. The van der Waals surface area contributed by atoms with Gasteiger partial charge in [0.1, 0.15) is 0 Å². The fraction of sp³-hybridized carbons (Fsp3) is 0.200. The largest absolute Gasteiger partial charge is 0.478 e. The van der Waals surface area contributed by atoms with Crippen LogP contribution in [0.4, 0.5) is 0 Å². The van der Waals surface area contributed by atoms with E-state index in [0.29, 0.717) is 24.3 Å². The van der Waals surface area contributed by atoms with E-state index in [1.165, 1.54) is 0 Å². The minimum absolute atomic E-state index is 0.552. The first-order valence-corrected chi connectivity index (χ1v) is 3.91. The Balaban J connectivity index is 2.74. The molecule has 0 unspecified atom stereocenters. The molecule has 13 heavy (non-hydrogen) atoms.